The second-order valence-corrected chi connectivity index (χ2v) is 6.12. The monoisotopic (exact) mass is 360 g/mol. The standard InChI is InChI=1S/C20H25ClN2O2/c1-3-23(4-2)13-14-25-18-11-9-17(10-12-18)22-20(24)15-16-7-5-6-8-19(16)21/h5-12H,3-4,13-15H2,1-2H3,(H,22,24). The number of ether oxygens (including phenoxy) is 1. The number of carbonyl (C=O) groups is 1. The molecule has 0 heterocycles. The van der Waals surface area contributed by atoms with E-state index in [2.05, 4.69) is 24.1 Å². The number of nitrogens with zero attached hydrogens (tertiary/aromatic N) is 1. The molecule has 1 N–H and O–H groups in total. The van der Waals surface area contributed by atoms with Crippen molar-refractivity contribution in [3.05, 3.63) is 59.1 Å². The molecule has 0 saturated carbocycles. The van der Waals surface area contributed by atoms with Gasteiger partial charge < -0.3 is 15.0 Å². The van der Waals surface area contributed by atoms with Gasteiger partial charge in [-0.3, -0.25) is 4.79 Å². The highest BCUT2D eigenvalue weighted by molar-refractivity contribution is 6.31. The number of hydrogen-bond donors (Lipinski definition) is 1. The van der Waals surface area contributed by atoms with Crippen molar-refractivity contribution < 1.29 is 9.53 Å². The zero-order chi connectivity index (χ0) is 18.1. The Kier molecular flexibility index (Phi) is 7.76. The lowest BCUT2D eigenvalue weighted by Crippen LogP contribution is -2.27. The van der Waals surface area contributed by atoms with Crippen molar-refractivity contribution in [2.75, 3.05) is 31.6 Å². The van der Waals surface area contributed by atoms with Crippen LogP contribution in [0.1, 0.15) is 19.4 Å². The van der Waals surface area contributed by atoms with Crippen LogP contribution >= 0.6 is 11.6 Å². The van der Waals surface area contributed by atoms with E-state index in [0.29, 0.717) is 11.6 Å². The van der Waals surface area contributed by atoms with Gasteiger partial charge in [0.1, 0.15) is 12.4 Å². The summed E-state index contributed by atoms with van der Waals surface area (Å²) in [6.07, 6.45) is 0.252. The van der Waals surface area contributed by atoms with Gasteiger partial charge in [0, 0.05) is 17.3 Å². The molecular formula is C20H25ClN2O2. The second kappa shape index (κ2) is 10.1. The van der Waals surface area contributed by atoms with Crippen molar-refractivity contribution in [2.24, 2.45) is 0 Å². The van der Waals surface area contributed by atoms with Gasteiger partial charge in [0.2, 0.25) is 5.91 Å². The Hall–Kier alpha value is -2.04. The number of anilines is 1. The number of halogens is 1. The Morgan fingerprint density at radius 3 is 2.40 bits per heavy atom. The molecule has 0 spiro atoms. The first-order chi connectivity index (χ1) is 12.1. The van der Waals surface area contributed by atoms with Crippen LogP contribution in [0.25, 0.3) is 0 Å². The van der Waals surface area contributed by atoms with E-state index in [0.717, 1.165) is 36.6 Å². The molecule has 134 valence electrons. The minimum Gasteiger partial charge on any atom is -0.492 e. The van der Waals surface area contributed by atoms with Gasteiger partial charge in [-0.1, -0.05) is 43.6 Å². The summed E-state index contributed by atoms with van der Waals surface area (Å²) in [5.74, 6) is 0.708. The van der Waals surface area contributed by atoms with Crippen LogP contribution in [0.5, 0.6) is 5.75 Å². The Bertz CT molecular complexity index is 670. The molecule has 5 heteroatoms. The largest absolute Gasteiger partial charge is 0.492 e. The van der Waals surface area contributed by atoms with E-state index in [9.17, 15) is 4.79 Å². The van der Waals surface area contributed by atoms with Crippen molar-refractivity contribution >= 4 is 23.2 Å². The van der Waals surface area contributed by atoms with Crippen LogP contribution in [-0.4, -0.2) is 37.0 Å². The maximum Gasteiger partial charge on any atom is 0.228 e. The maximum atomic E-state index is 12.1. The quantitative estimate of drug-likeness (QED) is 0.727. The molecule has 0 aliphatic rings. The number of amides is 1. The van der Waals surface area contributed by atoms with Crippen molar-refractivity contribution in [3.8, 4) is 5.75 Å². The molecule has 0 aliphatic heterocycles. The summed E-state index contributed by atoms with van der Waals surface area (Å²) in [5.41, 5.74) is 1.56. The lowest BCUT2D eigenvalue weighted by molar-refractivity contribution is -0.115. The Balaban J connectivity index is 1.81. The number of benzene rings is 2. The first-order valence-electron chi connectivity index (χ1n) is 8.60. The van der Waals surface area contributed by atoms with Crippen LogP contribution in [0.3, 0.4) is 0 Å². The highest BCUT2D eigenvalue weighted by Crippen LogP contribution is 2.18. The Morgan fingerprint density at radius 1 is 1.08 bits per heavy atom. The summed E-state index contributed by atoms with van der Waals surface area (Å²) in [4.78, 5) is 14.4. The predicted molar refractivity (Wildman–Crippen MR) is 104 cm³/mol. The zero-order valence-electron chi connectivity index (χ0n) is 14.8. The van der Waals surface area contributed by atoms with Gasteiger partial charge in [0.05, 0.1) is 6.42 Å². The van der Waals surface area contributed by atoms with Gasteiger partial charge in [0.15, 0.2) is 0 Å². The SMILES string of the molecule is CCN(CC)CCOc1ccc(NC(=O)Cc2ccccc2Cl)cc1. The van der Waals surface area contributed by atoms with Crippen LogP contribution in [0.2, 0.25) is 5.02 Å². The second-order valence-electron chi connectivity index (χ2n) is 5.72. The molecule has 0 saturated heterocycles. The fourth-order valence-corrected chi connectivity index (χ4v) is 2.69. The van der Waals surface area contributed by atoms with Gasteiger partial charge in [-0.25, -0.2) is 0 Å². The van der Waals surface area contributed by atoms with Gasteiger partial charge in [0.25, 0.3) is 0 Å². The molecule has 0 aromatic heterocycles. The first kappa shape index (κ1) is 19.3. The molecule has 0 bridgehead atoms. The van der Waals surface area contributed by atoms with Gasteiger partial charge in [-0.15, -0.1) is 0 Å². The molecule has 2 aromatic rings. The van der Waals surface area contributed by atoms with Crippen LogP contribution in [-0.2, 0) is 11.2 Å². The molecule has 2 rings (SSSR count). The molecule has 0 unspecified atom stereocenters. The van der Waals surface area contributed by atoms with E-state index < -0.39 is 0 Å². The van der Waals surface area contributed by atoms with Crippen molar-refractivity contribution in [2.45, 2.75) is 20.3 Å². The summed E-state index contributed by atoms with van der Waals surface area (Å²) in [5, 5.41) is 3.48. The first-order valence-corrected chi connectivity index (χ1v) is 8.98. The van der Waals surface area contributed by atoms with E-state index in [1.165, 1.54) is 0 Å². The molecule has 0 aliphatic carbocycles. The lowest BCUT2D eigenvalue weighted by Gasteiger charge is -2.18. The van der Waals surface area contributed by atoms with Gasteiger partial charge in [-0.05, 0) is 49.0 Å². The summed E-state index contributed by atoms with van der Waals surface area (Å²) in [7, 11) is 0. The minimum atomic E-state index is -0.0942. The molecule has 25 heavy (non-hydrogen) atoms. The topological polar surface area (TPSA) is 41.6 Å². The minimum absolute atomic E-state index is 0.0942. The van der Waals surface area contributed by atoms with Crippen LogP contribution in [0.15, 0.2) is 48.5 Å². The smallest absolute Gasteiger partial charge is 0.228 e. The fraction of sp³-hybridized carbons (Fsp3) is 0.350. The zero-order valence-corrected chi connectivity index (χ0v) is 15.6. The third kappa shape index (κ3) is 6.40. The molecule has 2 aromatic carbocycles. The normalized spacial score (nSPS) is 10.7. The molecule has 4 nitrogen and oxygen atoms in total. The van der Waals surface area contributed by atoms with E-state index in [1.807, 2.05) is 42.5 Å². The fourth-order valence-electron chi connectivity index (χ4n) is 2.49. The Morgan fingerprint density at radius 2 is 1.76 bits per heavy atom. The molecular weight excluding hydrogens is 336 g/mol. The number of nitrogens with one attached hydrogen (secondary N) is 1. The number of hydrogen-bond acceptors (Lipinski definition) is 3. The van der Waals surface area contributed by atoms with Gasteiger partial charge in [-0.2, -0.15) is 0 Å². The molecule has 1 amide bonds. The predicted octanol–water partition coefficient (Wildman–Crippen LogP) is 4.24. The molecule has 0 fully saturated rings. The summed E-state index contributed by atoms with van der Waals surface area (Å²) < 4.78 is 5.74. The summed E-state index contributed by atoms with van der Waals surface area (Å²) >= 11 is 6.08. The summed E-state index contributed by atoms with van der Waals surface area (Å²) in [6.45, 7) is 7.89. The Labute approximate surface area is 154 Å². The number of rotatable bonds is 9. The molecule has 0 radical (unpaired) electrons. The van der Waals surface area contributed by atoms with Crippen molar-refractivity contribution in [3.63, 3.8) is 0 Å². The van der Waals surface area contributed by atoms with Crippen LogP contribution in [0, 0.1) is 0 Å². The van der Waals surface area contributed by atoms with E-state index >= 15 is 0 Å². The van der Waals surface area contributed by atoms with Crippen LogP contribution < -0.4 is 10.1 Å². The van der Waals surface area contributed by atoms with E-state index in [-0.39, 0.29) is 12.3 Å². The lowest BCUT2D eigenvalue weighted by atomic mass is 10.1. The van der Waals surface area contributed by atoms with E-state index in [4.69, 9.17) is 16.3 Å². The highest BCUT2D eigenvalue weighted by atomic mass is 35.5. The van der Waals surface area contributed by atoms with Gasteiger partial charge >= 0.3 is 0 Å². The van der Waals surface area contributed by atoms with Crippen molar-refractivity contribution in [1.29, 1.82) is 0 Å². The molecule has 0 atom stereocenters. The number of likely N-dealkylation sites (N-methyl/N-ethyl adjacent to an activating group) is 1. The van der Waals surface area contributed by atoms with Crippen LogP contribution in [0.4, 0.5) is 5.69 Å². The average molecular weight is 361 g/mol. The van der Waals surface area contributed by atoms with Crippen molar-refractivity contribution in [1.82, 2.24) is 4.90 Å². The third-order valence-corrected chi connectivity index (χ3v) is 4.39. The number of carbonyl (C=O) groups excluding carboxylic acids is 1. The average Bonchev–Trinajstić information content (AvgIpc) is 2.62. The maximum absolute atomic E-state index is 12.1. The summed E-state index contributed by atoms with van der Waals surface area (Å²) in [6, 6.07) is 14.8. The third-order valence-electron chi connectivity index (χ3n) is 4.02. The highest BCUT2D eigenvalue weighted by Gasteiger charge is 2.07. The van der Waals surface area contributed by atoms with E-state index in [1.54, 1.807) is 6.07 Å².